The number of hydrogen-bond donors (Lipinski definition) is 2. The average molecular weight is 464 g/mol. The third-order valence-corrected chi connectivity index (χ3v) is 6.08. The largest absolute Gasteiger partial charge is 0.417 e. The van der Waals surface area contributed by atoms with Crippen LogP contribution in [0.25, 0.3) is 0 Å². The van der Waals surface area contributed by atoms with Crippen LogP contribution in [0.3, 0.4) is 0 Å². The molecule has 0 radical (unpaired) electrons. The van der Waals surface area contributed by atoms with E-state index < -0.39 is 49.7 Å². The lowest BCUT2D eigenvalue weighted by atomic mass is 10.1. The zero-order valence-corrected chi connectivity index (χ0v) is 17.6. The number of anilines is 1. The first-order chi connectivity index (χ1) is 13.8. The highest BCUT2D eigenvalue weighted by atomic mass is 35.5. The predicted molar refractivity (Wildman–Crippen MR) is 104 cm³/mol. The van der Waals surface area contributed by atoms with Gasteiger partial charge in [-0.15, -0.1) is 0 Å². The van der Waals surface area contributed by atoms with E-state index in [-0.39, 0.29) is 16.3 Å². The van der Waals surface area contributed by atoms with E-state index in [2.05, 4.69) is 15.6 Å². The number of carbonyl (C=O) groups excluding carboxylic acids is 2. The van der Waals surface area contributed by atoms with Gasteiger partial charge in [0, 0.05) is 18.3 Å². The maximum atomic E-state index is 13.0. The first-order valence-electron chi connectivity index (χ1n) is 8.45. The van der Waals surface area contributed by atoms with Crippen LogP contribution in [0.1, 0.15) is 38.9 Å². The van der Waals surface area contributed by atoms with Crippen molar-refractivity contribution in [3.8, 4) is 0 Å². The number of aromatic nitrogens is 1. The second kappa shape index (κ2) is 8.60. The number of sulfone groups is 1. The van der Waals surface area contributed by atoms with Gasteiger partial charge in [0.05, 0.1) is 27.5 Å². The highest BCUT2D eigenvalue weighted by Crippen LogP contribution is 2.32. The van der Waals surface area contributed by atoms with Gasteiger partial charge in [0.15, 0.2) is 9.84 Å². The van der Waals surface area contributed by atoms with Gasteiger partial charge in [0.2, 0.25) is 0 Å². The molecule has 2 aromatic rings. The molecule has 1 aromatic heterocycles. The Morgan fingerprint density at radius 3 is 2.33 bits per heavy atom. The van der Waals surface area contributed by atoms with Crippen LogP contribution in [0.15, 0.2) is 29.3 Å². The maximum Gasteiger partial charge on any atom is 0.417 e. The number of pyridine rings is 1. The van der Waals surface area contributed by atoms with E-state index in [0.717, 1.165) is 0 Å². The minimum atomic E-state index is -4.85. The Balaban J connectivity index is 2.62. The van der Waals surface area contributed by atoms with Gasteiger partial charge in [-0.05, 0) is 30.7 Å². The van der Waals surface area contributed by atoms with E-state index in [1.807, 2.05) is 0 Å². The second-order valence-corrected chi connectivity index (χ2v) is 8.83. The SMILES string of the molecule is CCS(=O)(=O)c1cc(C(F)(F)F)cnc1C(=O)Nc1c(C)cc(Cl)cc1C(=O)NC. The molecule has 0 aliphatic carbocycles. The highest BCUT2D eigenvalue weighted by molar-refractivity contribution is 7.91. The van der Waals surface area contributed by atoms with Crippen molar-refractivity contribution in [3.63, 3.8) is 0 Å². The lowest BCUT2D eigenvalue weighted by Gasteiger charge is -2.16. The summed E-state index contributed by atoms with van der Waals surface area (Å²) in [6, 6.07) is 3.11. The van der Waals surface area contributed by atoms with E-state index >= 15 is 0 Å². The monoisotopic (exact) mass is 463 g/mol. The number of hydrogen-bond acceptors (Lipinski definition) is 5. The van der Waals surface area contributed by atoms with Crippen LogP contribution >= 0.6 is 11.6 Å². The van der Waals surface area contributed by atoms with Crippen LogP contribution in [-0.4, -0.2) is 38.0 Å². The molecule has 0 fully saturated rings. The molecule has 0 bridgehead atoms. The zero-order chi connectivity index (χ0) is 22.9. The molecule has 0 aliphatic rings. The molecular weight excluding hydrogens is 447 g/mol. The molecule has 0 atom stereocenters. The van der Waals surface area contributed by atoms with Crippen LogP contribution < -0.4 is 10.6 Å². The van der Waals surface area contributed by atoms with Crippen LogP contribution in [-0.2, 0) is 16.0 Å². The minimum Gasteiger partial charge on any atom is -0.355 e. The lowest BCUT2D eigenvalue weighted by molar-refractivity contribution is -0.138. The quantitative estimate of drug-likeness (QED) is 0.706. The number of alkyl halides is 3. The van der Waals surface area contributed by atoms with E-state index in [4.69, 9.17) is 11.6 Å². The van der Waals surface area contributed by atoms with E-state index in [1.54, 1.807) is 0 Å². The third kappa shape index (κ3) is 4.90. The molecular formula is C18H17ClF3N3O4S. The Kier molecular flexibility index (Phi) is 6.77. The van der Waals surface area contributed by atoms with Gasteiger partial charge in [-0.1, -0.05) is 18.5 Å². The second-order valence-electron chi connectivity index (χ2n) is 6.15. The highest BCUT2D eigenvalue weighted by Gasteiger charge is 2.34. The molecule has 162 valence electrons. The summed E-state index contributed by atoms with van der Waals surface area (Å²) >= 11 is 5.95. The van der Waals surface area contributed by atoms with Crippen LogP contribution in [0.5, 0.6) is 0 Å². The molecule has 2 N–H and O–H groups in total. The summed E-state index contributed by atoms with van der Waals surface area (Å²) in [5.41, 5.74) is -1.64. The average Bonchev–Trinajstić information content (AvgIpc) is 2.67. The van der Waals surface area contributed by atoms with Gasteiger partial charge in [0.25, 0.3) is 11.8 Å². The number of nitrogens with one attached hydrogen (secondary N) is 2. The Hall–Kier alpha value is -2.66. The first kappa shape index (κ1) is 23.6. The van der Waals surface area contributed by atoms with Gasteiger partial charge in [-0.3, -0.25) is 9.59 Å². The third-order valence-electron chi connectivity index (χ3n) is 4.12. The minimum absolute atomic E-state index is 0.0114. The summed E-state index contributed by atoms with van der Waals surface area (Å²) in [4.78, 5) is 27.5. The van der Waals surface area contributed by atoms with Crippen LogP contribution in [0, 0.1) is 6.92 Å². The van der Waals surface area contributed by atoms with Gasteiger partial charge in [-0.25, -0.2) is 13.4 Å². The van der Waals surface area contributed by atoms with Crippen molar-refractivity contribution in [2.24, 2.45) is 0 Å². The molecule has 30 heavy (non-hydrogen) atoms. The zero-order valence-electron chi connectivity index (χ0n) is 16.0. The summed E-state index contributed by atoms with van der Waals surface area (Å²) in [6.45, 7) is 2.77. The molecule has 12 heteroatoms. The van der Waals surface area contributed by atoms with Gasteiger partial charge in [0.1, 0.15) is 5.69 Å². The Morgan fingerprint density at radius 1 is 1.17 bits per heavy atom. The van der Waals surface area contributed by atoms with Crippen LogP contribution in [0.2, 0.25) is 5.02 Å². The van der Waals surface area contributed by atoms with E-state index in [0.29, 0.717) is 17.8 Å². The normalized spacial score (nSPS) is 11.8. The topological polar surface area (TPSA) is 105 Å². The molecule has 2 amide bonds. The molecule has 1 heterocycles. The fourth-order valence-corrected chi connectivity index (χ4v) is 3.89. The number of carbonyl (C=O) groups is 2. The number of rotatable bonds is 5. The molecule has 0 aliphatic heterocycles. The summed E-state index contributed by atoms with van der Waals surface area (Å²) < 4.78 is 63.7. The van der Waals surface area contributed by atoms with E-state index in [9.17, 15) is 31.2 Å². The van der Waals surface area contributed by atoms with Crippen molar-refractivity contribution < 1.29 is 31.2 Å². The fraction of sp³-hybridized carbons (Fsp3) is 0.278. The van der Waals surface area contributed by atoms with E-state index in [1.165, 1.54) is 33.0 Å². The van der Waals surface area contributed by atoms with Crippen molar-refractivity contribution in [2.75, 3.05) is 18.1 Å². The van der Waals surface area contributed by atoms with Crippen LogP contribution in [0.4, 0.5) is 18.9 Å². The molecule has 7 nitrogen and oxygen atoms in total. The molecule has 0 spiro atoms. The summed E-state index contributed by atoms with van der Waals surface area (Å²) in [5, 5.41) is 4.95. The van der Waals surface area contributed by atoms with Gasteiger partial charge >= 0.3 is 6.18 Å². The van der Waals surface area contributed by atoms with Crippen molar-refractivity contribution in [1.82, 2.24) is 10.3 Å². The number of nitrogens with zero attached hydrogens (tertiary/aromatic N) is 1. The molecule has 2 rings (SSSR count). The fourth-order valence-electron chi connectivity index (χ4n) is 2.56. The number of aryl methyl sites for hydroxylation is 1. The predicted octanol–water partition coefficient (Wildman–Crippen LogP) is 3.47. The van der Waals surface area contributed by atoms with Gasteiger partial charge in [-0.2, -0.15) is 13.2 Å². The smallest absolute Gasteiger partial charge is 0.355 e. The number of benzene rings is 1. The molecule has 0 saturated heterocycles. The Morgan fingerprint density at radius 2 is 1.80 bits per heavy atom. The summed E-state index contributed by atoms with van der Waals surface area (Å²) in [5.74, 6) is -2.22. The Labute approximate surface area is 175 Å². The molecule has 0 unspecified atom stereocenters. The van der Waals surface area contributed by atoms with Crippen molar-refractivity contribution >= 4 is 38.9 Å². The summed E-state index contributed by atoms with van der Waals surface area (Å²) in [7, 11) is -2.87. The lowest BCUT2D eigenvalue weighted by Crippen LogP contribution is -2.24. The number of halogens is 4. The maximum absolute atomic E-state index is 13.0. The van der Waals surface area contributed by atoms with Crippen molar-refractivity contribution in [2.45, 2.75) is 24.9 Å². The van der Waals surface area contributed by atoms with Crippen molar-refractivity contribution in [3.05, 3.63) is 51.8 Å². The molecule has 1 aromatic carbocycles. The van der Waals surface area contributed by atoms with Gasteiger partial charge < -0.3 is 10.6 Å². The number of amides is 2. The summed E-state index contributed by atoms with van der Waals surface area (Å²) in [6.07, 6.45) is -4.48. The molecule has 0 saturated carbocycles. The Bertz CT molecular complexity index is 1120. The standard InChI is InChI=1S/C18H17ClF3N3O4S/c1-4-30(28,29)13-6-10(18(20,21)22)8-24-15(13)17(27)25-14-9(2)5-11(19)7-12(14)16(26)23-3/h5-8H,4H2,1-3H3,(H,23,26)(H,25,27). The first-order valence-corrected chi connectivity index (χ1v) is 10.5. The van der Waals surface area contributed by atoms with Crippen molar-refractivity contribution in [1.29, 1.82) is 0 Å².